The van der Waals surface area contributed by atoms with Crippen molar-refractivity contribution in [2.75, 3.05) is 13.1 Å². The zero-order chi connectivity index (χ0) is 10.8. The third-order valence-electron chi connectivity index (χ3n) is 3.55. The Morgan fingerprint density at radius 3 is 2.50 bits per heavy atom. The van der Waals surface area contributed by atoms with Crippen molar-refractivity contribution in [2.45, 2.75) is 53.1 Å². The molecule has 2 nitrogen and oxygen atoms in total. The minimum absolute atomic E-state index is 0.366. The molecule has 0 amide bonds. The van der Waals surface area contributed by atoms with Crippen molar-refractivity contribution in [1.82, 2.24) is 10.6 Å². The van der Waals surface area contributed by atoms with Gasteiger partial charge in [-0.05, 0) is 37.8 Å². The molecule has 84 valence electrons. The van der Waals surface area contributed by atoms with Gasteiger partial charge in [-0.3, -0.25) is 0 Å². The number of hydrogen-bond donors (Lipinski definition) is 2. The lowest BCUT2D eigenvalue weighted by Gasteiger charge is -2.37. The van der Waals surface area contributed by atoms with E-state index in [1.807, 2.05) is 0 Å². The first kappa shape index (κ1) is 12.0. The van der Waals surface area contributed by atoms with E-state index in [4.69, 9.17) is 0 Å². The first-order chi connectivity index (χ1) is 6.41. The second-order valence-corrected chi connectivity index (χ2v) is 5.83. The van der Waals surface area contributed by atoms with Crippen LogP contribution in [0.5, 0.6) is 0 Å². The second kappa shape index (κ2) is 4.63. The average Bonchev–Trinajstić information content (AvgIpc) is 2.07. The molecule has 1 fully saturated rings. The third-order valence-corrected chi connectivity index (χ3v) is 3.55. The van der Waals surface area contributed by atoms with Gasteiger partial charge in [0.2, 0.25) is 0 Å². The fourth-order valence-electron chi connectivity index (χ4n) is 1.83. The molecule has 0 aliphatic carbocycles. The van der Waals surface area contributed by atoms with Gasteiger partial charge in [0.25, 0.3) is 0 Å². The Balaban J connectivity index is 2.42. The van der Waals surface area contributed by atoms with Crippen LogP contribution in [0.25, 0.3) is 0 Å². The van der Waals surface area contributed by atoms with Crippen LogP contribution in [0, 0.1) is 11.3 Å². The highest BCUT2D eigenvalue weighted by molar-refractivity contribution is 4.86. The van der Waals surface area contributed by atoms with E-state index in [0.717, 1.165) is 12.5 Å². The van der Waals surface area contributed by atoms with Crippen LogP contribution in [0.15, 0.2) is 0 Å². The summed E-state index contributed by atoms with van der Waals surface area (Å²) in [6.45, 7) is 13.9. The molecule has 14 heavy (non-hydrogen) atoms. The fraction of sp³-hybridized carbons (Fsp3) is 1.00. The SMILES string of the molecule is CC1CNCCC1NC(C)C(C)(C)C. The lowest BCUT2D eigenvalue weighted by Crippen LogP contribution is -2.52. The Hall–Kier alpha value is -0.0800. The van der Waals surface area contributed by atoms with Crippen molar-refractivity contribution in [3.8, 4) is 0 Å². The minimum Gasteiger partial charge on any atom is -0.316 e. The zero-order valence-corrected chi connectivity index (χ0v) is 10.4. The molecule has 2 N–H and O–H groups in total. The van der Waals surface area contributed by atoms with Crippen LogP contribution in [0.1, 0.15) is 41.0 Å². The summed E-state index contributed by atoms with van der Waals surface area (Å²) in [5.74, 6) is 0.758. The predicted octanol–water partition coefficient (Wildman–Crippen LogP) is 2.01. The van der Waals surface area contributed by atoms with E-state index in [1.165, 1.54) is 13.0 Å². The molecule has 1 aliphatic heterocycles. The summed E-state index contributed by atoms with van der Waals surface area (Å²) in [7, 11) is 0. The van der Waals surface area contributed by atoms with Gasteiger partial charge in [-0.15, -0.1) is 0 Å². The van der Waals surface area contributed by atoms with E-state index in [9.17, 15) is 0 Å². The molecular formula is C12H26N2. The highest BCUT2D eigenvalue weighted by Gasteiger charge is 2.26. The predicted molar refractivity (Wildman–Crippen MR) is 62.5 cm³/mol. The van der Waals surface area contributed by atoms with Crippen molar-refractivity contribution in [1.29, 1.82) is 0 Å². The highest BCUT2D eigenvalue weighted by Crippen LogP contribution is 2.21. The van der Waals surface area contributed by atoms with Crippen LogP contribution in [-0.4, -0.2) is 25.2 Å². The Bertz CT molecular complexity index is 172. The molecule has 1 heterocycles. The van der Waals surface area contributed by atoms with Gasteiger partial charge in [0, 0.05) is 12.1 Å². The van der Waals surface area contributed by atoms with Crippen LogP contribution >= 0.6 is 0 Å². The van der Waals surface area contributed by atoms with Crippen LogP contribution in [0.3, 0.4) is 0 Å². The lowest BCUT2D eigenvalue weighted by molar-refractivity contribution is 0.209. The Labute approximate surface area is 88.8 Å². The first-order valence-corrected chi connectivity index (χ1v) is 5.88. The van der Waals surface area contributed by atoms with Crippen LogP contribution in [-0.2, 0) is 0 Å². The Kier molecular flexibility index (Phi) is 3.96. The fourth-order valence-corrected chi connectivity index (χ4v) is 1.83. The molecule has 0 saturated carbocycles. The van der Waals surface area contributed by atoms with E-state index in [1.54, 1.807) is 0 Å². The first-order valence-electron chi connectivity index (χ1n) is 5.88. The number of rotatable bonds is 2. The van der Waals surface area contributed by atoms with Crippen molar-refractivity contribution in [3.63, 3.8) is 0 Å². The van der Waals surface area contributed by atoms with Gasteiger partial charge in [-0.1, -0.05) is 27.7 Å². The topological polar surface area (TPSA) is 24.1 Å². The van der Waals surface area contributed by atoms with Crippen LogP contribution < -0.4 is 10.6 Å². The van der Waals surface area contributed by atoms with Gasteiger partial charge in [-0.2, -0.15) is 0 Å². The number of piperidine rings is 1. The molecule has 1 saturated heterocycles. The molecule has 1 aliphatic rings. The van der Waals surface area contributed by atoms with E-state index in [0.29, 0.717) is 17.5 Å². The second-order valence-electron chi connectivity index (χ2n) is 5.83. The summed E-state index contributed by atoms with van der Waals surface area (Å²) in [6, 6.07) is 1.29. The molecule has 1 rings (SSSR count). The summed E-state index contributed by atoms with van der Waals surface area (Å²) < 4.78 is 0. The molecule has 0 aromatic carbocycles. The normalized spacial score (nSPS) is 31.5. The summed E-state index contributed by atoms with van der Waals surface area (Å²) in [4.78, 5) is 0. The van der Waals surface area contributed by atoms with E-state index in [2.05, 4.69) is 45.3 Å². The largest absolute Gasteiger partial charge is 0.316 e. The van der Waals surface area contributed by atoms with Gasteiger partial charge >= 0.3 is 0 Å². The van der Waals surface area contributed by atoms with Crippen molar-refractivity contribution < 1.29 is 0 Å². The van der Waals surface area contributed by atoms with Crippen molar-refractivity contribution >= 4 is 0 Å². The molecule has 0 bridgehead atoms. The third kappa shape index (κ3) is 3.25. The lowest BCUT2D eigenvalue weighted by atomic mass is 9.85. The van der Waals surface area contributed by atoms with E-state index >= 15 is 0 Å². The monoisotopic (exact) mass is 198 g/mol. The molecule has 0 spiro atoms. The molecule has 2 heteroatoms. The molecule has 3 unspecified atom stereocenters. The maximum atomic E-state index is 3.77. The zero-order valence-electron chi connectivity index (χ0n) is 10.4. The quantitative estimate of drug-likeness (QED) is 0.709. The molecular weight excluding hydrogens is 172 g/mol. The van der Waals surface area contributed by atoms with E-state index in [-0.39, 0.29) is 0 Å². The van der Waals surface area contributed by atoms with Crippen molar-refractivity contribution in [2.24, 2.45) is 11.3 Å². The maximum Gasteiger partial charge on any atom is 0.0120 e. The van der Waals surface area contributed by atoms with Gasteiger partial charge in [0.05, 0.1) is 0 Å². The number of hydrogen-bond acceptors (Lipinski definition) is 2. The average molecular weight is 198 g/mol. The van der Waals surface area contributed by atoms with Gasteiger partial charge in [0.1, 0.15) is 0 Å². The Morgan fingerprint density at radius 1 is 1.36 bits per heavy atom. The van der Waals surface area contributed by atoms with Gasteiger partial charge < -0.3 is 10.6 Å². The summed E-state index contributed by atoms with van der Waals surface area (Å²) in [5, 5.41) is 7.20. The summed E-state index contributed by atoms with van der Waals surface area (Å²) in [6.07, 6.45) is 1.27. The smallest absolute Gasteiger partial charge is 0.0120 e. The maximum absolute atomic E-state index is 3.77. The standard InChI is InChI=1S/C12H26N2/c1-9-8-13-7-6-11(9)14-10(2)12(3,4)5/h9-11,13-14H,6-8H2,1-5H3. The van der Waals surface area contributed by atoms with Crippen LogP contribution in [0.2, 0.25) is 0 Å². The van der Waals surface area contributed by atoms with Crippen molar-refractivity contribution in [3.05, 3.63) is 0 Å². The van der Waals surface area contributed by atoms with E-state index < -0.39 is 0 Å². The number of nitrogens with one attached hydrogen (secondary N) is 2. The Morgan fingerprint density at radius 2 is 2.00 bits per heavy atom. The van der Waals surface area contributed by atoms with Gasteiger partial charge in [-0.25, -0.2) is 0 Å². The highest BCUT2D eigenvalue weighted by atomic mass is 15.0. The minimum atomic E-state index is 0.366. The molecule has 0 aromatic heterocycles. The van der Waals surface area contributed by atoms with Crippen LogP contribution in [0.4, 0.5) is 0 Å². The summed E-state index contributed by atoms with van der Waals surface area (Å²) in [5.41, 5.74) is 0.366. The molecule has 0 aromatic rings. The van der Waals surface area contributed by atoms with Gasteiger partial charge in [0.15, 0.2) is 0 Å². The molecule has 3 atom stereocenters. The summed E-state index contributed by atoms with van der Waals surface area (Å²) >= 11 is 0. The molecule has 0 radical (unpaired) electrons.